The molecule has 0 radical (unpaired) electrons. The average Bonchev–Trinajstić information content (AvgIpc) is 3.46. The summed E-state index contributed by atoms with van der Waals surface area (Å²) < 4.78 is 1.37. The highest BCUT2D eigenvalue weighted by molar-refractivity contribution is 6.31. The van der Waals surface area contributed by atoms with Crippen LogP contribution in [0.4, 0.5) is 5.69 Å². The van der Waals surface area contributed by atoms with Gasteiger partial charge in [-0.3, -0.25) is 19.1 Å². The zero-order valence-corrected chi connectivity index (χ0v) is 15.3. The molecule has 1 aliphatic rings. The molecule has 4 rings (SSSR count). The van der Waals surface area contributed by atoms with E-state index in [9.17, 15) is 14.4 Å². The Labute approximate surface area is 159 Å². The van der Waals surface area contributed by atoms with Crippen molar-refractivity contribution < 1.29 is 4.79 Å². The lowest BCUT2D eigenvalue weighted by atomic mass is 10.1. The Kier molecular flexibility index (Phi) is 4.31. The highest BCUT2D eigenvalue weighted by Crippen LogP contribution is 2.40. The number of hydrogen-bond acceptors (Lipinski definition) is 4. The zero-order valence-electron chi connectivity index (χ0n) is 14.6. The Bertz CT molecular complexity index is 1180. The second kappa shape index (κ2) is 6.66. The number of carbonyl (C=O) groups excluding carboxylic acids is 1. The number of aromatic amines is 1. The van der Waals surface area contributed by atoms with Gasteiger partial charge in [-0.1, -0.05) is 17.7 Å². The Hall–Kier alpha value is -2.93. The Morgan fingerprint density at radius 2 is 2.11 bits per heavy atom. The second-order valence-corrected chi connectivity index (χ2v) is 6.97. The molecular formula is C19H17ClN4O3. The normalized spacial score (nSPS) is 13.7. The first kappa shape index (κ1) is 17.5. The fourth-order valence-electron chi connectivity index (χ4n) is 3.12. The minimum atomic E-state index is -0.620. The SMILES string of the molecule is CCn1c(=O)[nH]c(=O)c2c(C(=O)Nc3cccc(Cl)c3)cc(C3CC3)nc21. The Morgan fingerprint density at radius 1 is 1.33 bits per heavy atom. The summed E-state index contributed by atoms with van der Waals surface area (Å²) in [6.45, 7) is 2.12. The molecule has 0 spiro atoms. The molecule has 2 N–H and O–H groups in total. The van der Waals surface area contributed by atoms with Gasteiger partial charge < -0.3 is 5.32 Å². The van der Waals surface area contributed by atoms with Crippen LogP contribution in [-0.4, -0.2) is 20.4 Å². The van der Waals surface area contributed by atoms with Crippen molar-refractivity contribution in [1.82, 2.24) is 14.5 Å². The van der Waals surface area contributed by atoms with Gasteiger partial charge in [0.2, 0.25) is 0 Å². The maximum absolute atomic E-state index is 12.9. The van der Waals surface area contributed by atoms with Crippen LogP contribution in [0.3, 0.4) is 0 Å². The van der Waals surface area contributed by atoms with Crippen molar-refractivity contribution in [3.05, 3.63) is 67.4 Å². The van der Waals surface area contributed by atoms with Crippen LogP contribution < -0.4 is 16.6 Å². The van der Waals surface area contributed by atoms with E-state index in [1.54, 1.807) is 37.3 Å². The summed E-state index contributed by atoms with van der Waals surface area (Å²) >= 11 is 5.97. The van der Waals surface area contributed by atoms with Crippen LogP contribution >= 0.6 is 11.6 Å². The number of carbonyl (C=O) groups is 1. The molecule has 1 aromatic carbocycles. The van der Waals surface area contributed by atoms with Crippen molar-refractivity contribution in [2.75, 3.05) is 5.32 Å². The molecule has 138 valence electrons. The minimum absolute atomic E-state index is 0.111. The summed E-state index contributed by atoms with van der Waals surface area (Å²) in [5, 5.41) is 3.37. The van der Waals surface area contributed by atoms with Crippen molar-refractivity contribution in [3.63, 3.8) is 0 Å². The summed E-state index contributed by atoms with van der Waals surface area (Å²) in [5.41, 5.74) is 0.538. The van der Waals surface area contributed by atoms with E-state index in [0.717, 1.165) is 18.5 Å². The molecule has 3 aromatic rings. The molecule has 0 unspecified atom stereocenters. The number of hydrogen-bond donors (Lipinski definition) is 2. The van der Waals surface area contributed by atoms with Crippen LogP contribution in [0.25, 0.3) is 11.0 Å². The van der Waals surface area contributed by atoms with Crippen molar-refractivity contribution in [2.45, 2.75) is 32.2 Å². The van der Waals surface area contributed by atoms with E-state index in [0.29, 0.717) is 17.3 Å². The predicted octanol–water partition coefficient (Wildman–Crippen LogP) is 2.89. The van der Waals surface area contributed by atoms with Gasteiger partial charge >= 0.3 is 5.69 Å². The fraction of sp³-hybridized carbons (Fsp3) is 0.263. The van der Waals surface area contributed by atoms with Crippen LogP contribution in [-0.2, 0) is 6.54 Å². The number of benzene rings is 1. The zero-order chi connectivity index (χ0) is 19.1. The molecule has 1 fully saturated rings. The van der Waals surface area contributed by atoms with E-state index < -0.39 is 17.2 Å². The number of aryl methyl sites for hydroxylation is 1. The van der Waals surface area contributed by atoms with Gasteiger partial charge in [-0.15, -0.1) is 0 Å². The standard InChI is InChI=1S/C19H17ClN4O3/c1-2-24-16-15(18(26)23-19(24)27)13(9-14(22-16)10-6-7-10)17(25)21-12-5-3-4-11(20)8-12/h3-5,8-10H,2,6-7H2,1H3,(H,21,25)(H,23,26,27). The van der Waals surface area contributed by atoms with E-state index in [2.05, 4.69) is 15.3 Å². The third kappa shape index (κ3) is 3.26. The smallest absolute Gasteiger partial charge is 0.322 e. The lowest BCUT2D eigenvalue weighted by Gasteiger charge is -2.12. The maximum atomic E-state index is 12.9. The van der Waals surface area contributed by atoms with Crippen LogP contribution in [0.2, 0.25) is 5.02 Å². The highest BCUT2D eigenvalue weighted by atomic mass is 35.5. The first-order valence-electron chi connectivity index (χ1n) is 8.72. The molecule has 0 aliphatic heterocycles. The largest absolute Gasteiger partial charge is 0.329 e. The molecular weight excluding hydrogens is 368 g/mol. The number of halogens is 1. The lowest BCUT2D eigenvalue weighted by Crippen LogP contribution is -2.32. The molecule has 8 heteroatoms. The van der Waals surface area contributed by atoms with E-state index in [-0.39, 0.29) is 22.5 Å². The molecule has 0 bridgehead atoms. The van der Waals surface area contributed by atoms with Crippen LogP contribution in [0, 0.1) is 0 Å². The minimum Gasteiger partial charge on any atom is -0.322 e. The number of nitrogens with one attached hydrogen (secondary N) is 2. The third-order valence-corrected chi connectivity index (χ3v) is 4.84. The monoisotopic (exact) mass is 384 g/mol. The van der Waals surface area contributed by atoms with Gasteiger partial charge in [0.15, 0.2) is 5.65 Å². The van der Waals surface area contributed by atoms with Crippen molar-refractivity contribution in [1.29, 1.82) is 0 Å². The van der Waals surface area contributed by atoms with Gasteiger partial charge in [0.25, 0.3) is 11.5 Å². The molecule has 27 heavy (non-hydrogen) atoms. The summed E-state index contributed by atoms with van der Waals surface area (Å²) in [7, 11) is 0. The van der Waals surface area contributed by atoms with E-state index in [1.165, 1.54) is 4.57 Å². The van der Waals surface area contributed by atoms with Crippen LogP contribution in [0.1, 0.15) is 41.7 Å². The molecule has 1 saturated carbocycles. The highest BCUT2D eigenvalue weighted by Gasteiger charge is 2.28. The number of amides is 1. The van der Waals surface area contributed by atoms with Crippen LogP contribution in [0.15, 0.2) is 39.9 Å². The summed E-state index contributed by atoms with van der Waals surface area (Å²) in [6, 6.07) is 8.41. The van der Waals surface area contributed by atoms with Crippen molar-refractivity contribution in [2.24, 2.45) is 0 Å². The lowest BCUT2D eigenvalue weighted by molar-refractivity contribution is 0.102. The van der Waals surface area contributed by atoms with Gasteiger partial charge in [0, 0.05) is 28.9 Å². The summed E-state index contributed by atoms with van der Waals surface area (Å²) in [5.74, 6) is -0.190. The number of H-pyrrole nitrogens is 1. The number of aromatic nitrogens is 3. The van der Waals surface area contributed by atoms with E-state index in [4.69, 9.17) is 11.6 Å². The Balaban J connectivity index is 1.91. The molecule has 2 aromatic heterocycles. The maximum Gasteiger partial charge on any atom is 0.329 e. The third-order valence-electron chi connectivity index (χ3n) is 4.61. The summed E-state index contributed by atoms with van der Waals surface area (Å²) in [6.07, 6.45) is 1.96. The fourth-order valence-corrected chi connectivity index (χ4v) is 3.31. The van der Waals surface area contributed by atoms with Crippen molar-refractivity contribution >= 4 is 34.2 Å². The molecule has 2 heterocycles. The number of anilines is 1. The predicted molar refractivity (Wildman–Crippen MR) is 104 cm³/mol. The number of nitrogens with zero attached hydrogens (tertiary/aromatic N) is 2. The number of pyridine rings is 1. The Morgan fingerprint density at radius 3 is 2.78 bits per heavy atom. The molecule has 0 saturated heterocycles. The van der Waals surface area contributed by atoms with Gasteiger partial charge in [-0.25, -0.2) is 9.78 Å². The topological polar surface area (TPSA) is 96.9 Å². The molecule has 7 nitrogen and oxygen atoms in total. The van der Waals surface area contributed by atoms with Gasteiger partial charge in [0.1, 0.15) is 0 Å². The first-order chi connectivity index (χ1) is 13.0. The quantitative estimate of drug-likeness (QED) is 0.722. The molecule has 1 amide bonds. The first-order valence-corrected chi connectivity index (χ1v) is 9.10. The molecule has 0 atom stereocenters. The van der Waals surface area contributed by atoms with Gasteiger partial charge in [0.05, 0.1) is 10.9 Å². The van der Waals surface area contributed by atoms with Crippen LogP contribution in [0.5, 0.6) is 0 Å². The molecule has 1 aliphatic carbocycles. The van der Waals surface area contributed by atoms with Gasteiger partial charge in [-0.05, 0) is 44.0 Å². The van der Waals surface area contributed by atoms with E-state index in [1.807, 2.05) is 0 Å². The van der Waals surface area contributed by atoms with Gasteiger partial charge in [-0.2, -0.15) is 0 Å². The number of fused-ring (bicyclic) bond motifs is 1. The number of rotatable bonds is 4. The summed E-state index contributed by atoms with van der Waals surface area (Å²) in [4.78, 5) is 44.4. The van der Waals surface area contributed by atoms with Crippen molar-refractivity contribution in [3.8, 4) is 0 Å². The second-order valence-electron chi connectivity index (χ2n) is 6.54. The average molecular weight is 385 g/mol. The van der Waals surface area contributed by atoms with E-state index >= 15 is 0 Å².